The molecule has 108 valence electrons. The number of ether oxygens (including phenoxy) is 1. The van der Waals surface area contributed by atoms with Gasteiger partial charge < -0.3 is 19.7 Å². The molecule has 1 fully saturated rings. The summed E-state index contributed by atoms with van der Waals surface area (Å²) in [7, 11) is 0. The van der Waals surface area contributed by atoms with Crippen LogP contribution in [0.25, 0.3) is 11.0 Å². The van der Waals surface area contributed by atoms with Gasteiger partial charge in [-0.2, -0.15) is 0 Å². The molecule has 0 amide bonds. The van der Waals surface area contributed by atoms with Crippen LogP contribution in [0, 0.1) is 0 Å². The number of benzene rings is 1. The van der Waals surface area contributed by atoms with Crippen LogP contribution in [0.1, 0.15) is 6.42 Å². The third kappa shape index (κ3) is 3.02. The first-order chi connectivity index (χ1) is 9.83. The van der Waals surface area contributed by atoms with Crippen molar-refractivity contribution in [3.63, 3.8) is 0 Å². The largest absolute Gasteiger partial charge is 0.508 e. The Balaban J connectivity index is 1.49. The summed E-state index contributed by atoms with van der Waals surface area (Å²) in [6.07, 6.45) is 1.05. The van der Waals surface area contributed by atoms with E-state index in [0.717, 1.165) is 57.0 Å². The molecule has 0 atom stereocenters. The number of anilines is 1. The van der Waals surface area contributed by atoms with E-state index in [2.05, 4.69) is 15.4 Å². The molecule has 2 heterocycles. The van der Waals surface area contributed by atoms with E-state index >= 15 is 0 Å². The van der Waals surface area contributed by atoms with E-state index in [1.807, 2.05) is 6.07 Å². The molecule has 0 radical (unpaired) electrons. The molecule has 1 aliphatic heterocycles. The Labute approximate surface area is 117 Å². The standard InChI is InChI=1S/C14H19N3O3/c18-11-2-3-12-13(10-11)20-16-14(12)15-4-1-5-17-6-8-19-9-7-17/h2-3,10,18H,1,4-9H2,(H,15,16). The number of aromatic nitrogens is 1. The molecule has 3 rings (SSSR count). The van der Waals surface area contributed by atoms with Gasteiger partial charge in [-0.1, -0.05) is 5.16 Å². The smallest absolute Gasteiger partial charge is 0.177 e. The molecule has 1 aromatic carbocycles. The number of hydrogen-bond donors (Lipinski definition) is 2. The predicted octanol–water partition coefficient (Wildman–Crippen LogP) is 1.67. The molecule has 0 aliphatic carbocycles. The lowest BCUT2D eigenvalue weighted by molar-refractivity contribution is 0.0378. The SMILES string of the molecule is Oc1ccc2c(NCCCN3CCOCC3)noc2c1. The Morgan fingerprint density at radius 3 is 3.00 bits per heavy atom. The molecule has 2 N–H and O–H groups in total. The van der Waals surface area contributed by atoms with Crippen LogP contribution in [0.4, 0.5) is 5.82 Å². The fourth-order valence-electron chi connectivity index (χ4n) is 2.39. The number of morpholine rings is 1. The van der Waals surface area contributed by atoms with Crippen molar-refractivity contribution in [1.29, 1.82) is 0 Å². The van der Waals surface area contributed by atoms with Crippen LogP contribution in [-0.2, 0) is 4.74 Å². The first kappa shape index (κ1) is 13.2. The first-order valence-electron chi connectivity index (χ1n) is 6.95. The number of phenols is 1. The summed E-state index contributed by atoms with van der Waals surface area (Å²) in [6.45, 7) is 5.63. The number of phenolic OH excluding ortho intramolecular Hbond substituents is 1. The lowest BCUT2D eigenvalue weighted by atomic mass is 10.2. The molecule has 1 aromatic heterocycles. The summed E-state index contributed by atoms with van der Waals surface area (Å²) in [6, 6.07) is 5.02. The number of hydrogen-bond acceptors (Lipinski definition) is 6. The van der Waals surface area contributed by atoms with Gasteiger partial charge in [0, 0.05) is 25.7 Å². The maximum absolute atomic E-state index is 9.37. The van der Waals surface area contributed by atoms with Gasteiger partial charge >= 0.3 is 0 Å². The van der Waals surface area contributed by atoms with E-state index in [4.69, 9.17) is 9.26 Å². The minimum Gasteiger partial charge on any atom is -0.508 e. The van der Waals surface area contributed by atoms with Crippen molar-refractivity contribution in [1.82, 2.24) is 10.1 Å². The van der Waals surface area contributed by atoms with E-state index < -0.39 is 0 Å². The predicted molar refractivity (Wildman–Crippen MR) is 76.0 cm³/mol. The molecule has 0 saturated carbocycles. The molecule has 1 aliphatic rings. The van der Waals surface area contributed by atoms with Crippen molar-refractivity contribution < 1.29 is 14.4 Å². The van der Waals surface area contributed by atoms with Gasteiger partial charge in [-0.3, -0.25) is 4.90 Å². The lowest BCUT2D eigenvalue weighted by Crippen LogP contribution is -2.37. The van der Waals surface area contributed by atoms with Gasteiger partial charge in [-0.15, -0.1) is 0 Å². The van der Waals surface area contributed by atoms with Crippen LogP contribution in [0.5, 0.6) is 5.75 Å². The third-order valence-corrected chi connectivity index (χ3v) is 3.50. The average Bonchev–Trinajstić information content (AvgIpc) is 2.87. The van der Waals surface area contributed by atoms with E-state index in [9.17, 15) is 5.11 Å². The average molecular weight is 277 g/mol. The van der Waals surface area contributed by atoms with Crippen LogP contribution < -0.4 is 5.32 Å². The van der Waals surface area contributed by atoms with Crippen LogP contribution in [0.2, 0.25) is 0 Å². The monoisotopic (exact) mass is 277 g/mol. The van der Waals surface area contributed by atoms with Crippen molar-refractivity contribution in [2.45, 2.75) is 6.42 Å². The highest BCUT2D eigenvalue weighted by Gasteiger charge is 2.10. The number of nitrogens with one attached hydrogen (secondary N) is 1. The van der Waals surface area contributed by atoms with Crippen LogP contribution in [0.3, 0.4) is 0 Å². The molecule has 2 aromatic rings. The molecule has 1 saturated heterocycles. The highest BCUT2D eigenvalue weighted by Crippen LogP contribution is 2.25. The second-order valence-electron chi connectivity index (χ2n) is 4.95. The van der Waals surface area contributed by atoms with Gasteiger partial charge in [0.15, 0.2) is 11.4 Å². The summed E-state index contributed by atoms with van der Waals surface area (Å²) < 4.78 is 10.5. The highest BCUT2D eigenvalue weighted by atomic mass is 16.5. The minimum absolute atomic E-state index is 0.188. The van der Waals surface area contributed by atoms with E-state index in [1.165, 1.54) is 0 Å². The molecular formula is C14H19N3O3. The number of aromatic hydroxyl groups is 1. The van der Waals surface area contributed by atoms with Gasteiger partial charge in [0.2, 0.25) is 0 Å². The molecule has 6 nitrogen and oxygen atoms in total. The van der Waals surface area contributed by atoms with Crippen molar-refractivity contribution in [3.05, 3.63) is 18.2 Å². The second kappa shape index (κ2) is 6.11. The molecule has 0 unspecified atom stereocenters. The highest BCUT2D eigenvalue weighted by molar-refractivity contribution is 5.88. The maximum Gasteiger partial charge on any atom is 0.177 e. The first-order valence-corrected chi connectivity index (χ1v) is 6.95. The van der Waals surface area contributed by atoms with E-state index in [-0.39, 0.29) is 5.75 Å². The number of nitrogens with zero attached hydrogens (tertiary/aromatic N) is 2. The van der Waals surface area contributed by atoms with Crippen molar-refractivity contribution >= 4 is 16.8 Å². The Kier molecular flexibility index (Phi) is 4.03. The van der Waals surface area contributed by atoms with Crippen molar-refractivity contribution in [3.8, 4) is 5.75 Å². The third-order valence-electron chi connectivity index (χ3n) is 3.50. The fourth-order valence-corrected chi connectivity index (χ4v) is 2.39. The topological polar surface area (TPSA) is 70.8 Å². The Morgan fingerprint density at radius 1 is 1.30 bits per heavy atom. The quantitative estimate of drug-likeness (QED) is 0.810. The number of rotatable bonds is 5. The molecule has 0 spiro atoms. The Hall–Kier alpha value is -1.79. The minimum atomic E-state index is 0.188. The molecular weight excluding hydrogens is 258 g/mol. The van der Waals surface area contributed by atoms with Gasteiger partial charge in [-0.25, -0.2) is 0 Å². The number of fused-ring (bicyclic) bond motifs is 1. The zero-order chi connectivity index (χ0) is 13.8. The van der Waals surface area contributed by atoms with Gasteiger partial charge in [0.1, 0.15) is 5.75 Å². The van der Waals surface area contributed by atoms with Crippen molar-refractivity contribution in [2.24, 2.45) is 0 Å². The summed E-state index contributed by atoms with van der Waals surface area (Å²) in [5.41, 5.74) is 0.598. The second-order valence-corrected chi connectivity index (χ2v) is 4.95. The Bertz CT molecular complexity index is 564. The van der Waals surface area contributed by atoms with E-state index in [0.29, 0.717) is 5.58 Å². The van der Waals surface area contributed by atoms with E-state index in [1.54, 1.807) is 12.1 Å². The van der Waals surface area contributed by atoms with Crippen molar-refractivity contribution in [2.75, 3.05) is 44.7 Å². The lowest BCUT2D eigenvalue weighted by Gasteiger charge is -2.26. The maximum atomic E-state index is 9.37. The van der Waals surface area contributed by atoms with Gasteiger partial charge in [0.25, 0.3) is 0 Å². The molecule has 0 bridgehead atoms. The zero-order valence-corrected chi connectivity index (χ0v) is 11.3. The van der Waals surface area contributed by atoms with Crippen LogP contribution in [0.15, 0.2) is 22.7 Å². The summed E-state index contributed by atoms with van der Waals surface area (Å²) in [5.74, 6) is 0.925. The zero-order valence-electron chi connectivity index (χ0n) is 11.3. The molecule has 20 heavy (non-hydrogen) atoms. The molecule has 6 heteroatoms. The summed E-state index contributed by atoms with van der Waals surface area (Å²) in [4.78, 5) is 2.41. The fraction of sp³-hybridized carbons (Fsp3) is 0.500. The summed E-state index contributed by atoms with van der Waals surface area (Å²) in [5, 5.41) is 17.5. The Morgan fingerprint density at radius 2 is 2.15 bits per heavy atom. The van der Waals surface area contributed by atoms with Gasteiger partial charge in [-0.05, 0) is 25.1 Å². The van der Waals surface area contributed by atoms with Crippen LogP contribution in [-0.4, -0.2) is 54.6 Å². The van der Waals surface area contributed by atoms with Crippen LogP contribution >= 0.6 is 0 Å². The van der Waals surface area contributed by atoms with Gasteiger partial charge in [0.05, 0.1) is 18.6 Å². The summed E-state index contributed by atoms with van der Waals surface area (Å²) >= 11 is 0. The normalized spacial score (nSPS) is 16.6.